The predicted octanol–water partition coefficient (Wildman–Crippen LogP) is 3.32. The van der Waals surface area contributed by atoms with Crippen molar-refractivity contribution >= 4 is 39.4 Å². The third-order valence-electron chi connectivity index (χ3n) is 6.12. The quantitative estimate of drug-likeness (QED) is 0.415. The molecule has 0 spiro atoms. The molecule has 2 heterocycles. The summed E-state index contributed by atoms with van der Waals surface area (Å²) in [5.74, 6) is -0.542. The van der Waals surface area contributed by atoms with E-state index in [1.165, 1.54) is 19.2 Å². The molecule has 1 aliphatic heterocycles. The van der Waals surface area contributed by atoms with Crippen LogP contribution in [0.3, 0.4) is 0 Å². The molecule has 1 unspecified atom stereocenters. The van der Waals surface area contributed by atoms with E-state index in [9.17, 15) is 36.0 Å². The Kier molecular flexibility index (Phi) is 8.85. The van der Waals surface area contributed by atoms with E-state index in [0.717, 1.165) is 30.1 Å². The van der Waals surface area contributed by atoms with Gasteiger partial charge >= 0.3 is 17.6 Å². The smallest absolute Gasteiger partial charge is 0.448 e. The topological polar surface area (TPSA) is 138 Å². The van der Waals surface area contributed by atoms with Crippen LogP contribution >= 0.6 is 0 Å². The number of alkyl halides is 3. The van der Waals surface area contributed by atoms with Crippen molar-refractivity contribution in [1.82, 2.24) is 15.2 Å². The summed E-state index contributed by atoms with van der Waals surface area (Å²) in [6.07, 6.45) is 0.691. The summed E-state index contributed by atoms with van der Waals surface area (Å²) in [5.41, 5.74) is -6.51. The molecule has 0 radical (unpaired) electrons. The third-order valence-corrected chi connectivity index (χ3v) is 7.62. The van der Waals surface area contributed by atoms with E-state index in [1.807, 2.05) is 13.8 Å². The van der Waals surface area contributed by atoms with Gasteiger partial charge in [0.05, 0.1) is 10.6 Å². The highest BCUT2D eigenvalue weighted by Gasteiger charge is 2.49. The zero-order valence-corrected chi connectivity index (χ0v) is 22.2. The Hall–Kier alpha value is -3.72. The van der Waals surface area contributed by atoms with Crippen LogP contribution < -0.4 is 15.5 Å². The molecule has 1 fully saturated rings. The molecule has 1 aliphatic rings. The lowest BCUT2D eigenvalue weighted by atomic mass is 9.93. The molecule has 1 atom stereocenters. The zero-order valence-electron chi connectivity index (χ0n) is 21.4. The van der Waals surface area contributed by atoms with E-state index in [2.05, 4.69) is 20.5 Å². The highest BCUT2D eigenvalue weighted by Crippen LogP contribution is 2.33. The van der Waals surface area contributed by atoms with E-state index >= 15 is 0 Å². The Bertz CT molecular complexity index is 1330. The van der Waals surface area contributed by atoms with Crippen molar-refractivity contribution in [1.29, 1.82) is 0 Å². The molecule has 1 aromatic carbocycles. The highest BCUT2D eigenvalue weighted by atomic mass is 32.2. The summed E-state index contributed by atoms with van der Waals surface area (Å²) in [7, 11) is -5.58. The van der Waals surface area contributed by atoms with Crippen LogP contribution in [-0.4, -0.2) is 73.6 Å². The fourth-order valence-electron chi connectivity index (χ4n) is 3.96. The van der Waals surface area contributed by atoms with E-state index in [1.54, 1.807) is 6.07 Å². The Balaban J connectivity index is 1.69. The van der Waals surface area contributed by atoms with Crippen molar-refractivity contribution in [3.8, 4) is 0 Å². The molecule has 11 nitrogen and oxygen atoms in total. The number of carbonyl (C=O) groups is 3. The first kappa shape index (κ1) is 29.8. The first-order valence-corrected chi connectivity index (χ1v) is 13.4. The van der Waals surface area contributed by atoms with Gasteiger partial charge in [-0.1, -0.05) is 13.8 Å². The lowest BCUT2D eigenvalue weighted by Crippen LogP contribution is -2.46. The summed E-state index contributed by atoms with van der Waals surface area (Å²) < 4.78 is 66.8. The molecule has 2 N–H and O–H groups in total. The number of benzene rings is 1. The van der Waals surface area contributed by atoms with Crippen LogP contribution in [0.1, 0.15) is 26.3 Å². The van der Waals surface area contributed by atoms with Gasteiger partial charge in [0.25, 0.3) is 15.7 Å². The molecule has 0 bridgehead atoms. The number of pyridine rings is 1. The first-order valence-electron chi connectivity index (χ1n) is 11.9. The van der Waals surface area contributed by atoms with Gasteiger partial charge in [-0.2, -0.15) is 13.2 Å². The standard InChI is InChI=1S/C24H28F3N5O6S/c1-4-31(5-2)12-13-38-22(35)29-19-14-16(10-11-28-19)15-23(3)20(33)32(21(34)30-23)17-6-8-18(9-7-17)39(36,37)24(25,26)27/h6-11,14H,4-5,12-13,15H2,1-3H3,(H,30,34)(H,28,29,35). The van der Waals surface area contributed by atoms with Gasteiger partial charge in [-0.25, -0.2) is 27.9 Å². The number of rotatable bonds is 10. The lowest BCUT2D eigenvalue weighted by molar-refractivity contribution is -0.121. The highest BCUT2D eigenvalue weighted by molar-refractivity contribution is 7.92. The third kappa shape index (κ3) is 6.65. The summed E-state index contributed by atoms with van der Waals surface area (Å²) >= 11 is 0. The minimum absolute atomic E-state index is 0.0111. The molecule has 3 rings (SSSR count). The molecule has 0 saturated carbocycles. The number of imide groups is 1. The van der Waals surface area contributed by atoms with Gasteiger partial charge in [0.1, 0.15) is 18.0 Å². The normalized spacial score (nSPS) is 17.9. The second-order valence-corrected chi connectivity index (χ2v) is 10.8. The van der Waals surface area contributed by atoms with Gasteiger partial charge in [-0.15, -0.1) is 0 Å². The number of amides is 4. The van der Waals surface area contributed by atoms with Crippen LogP contribution in [0.4, 0.5) is 34.3 Å². The van der Waals surface area contributed by atoms with Gasteiger partial charge in [0, 0.05) is 19.2 Å². The lowest BCUT2D eigenvalue weighted by Gasteiger charge is -2.22. The van der Waals surface area contributed by atoms with Crippen molar-refractivity contribution in [2.45, 2.75) is 43.1 Å². The maximum absolute atomic E-state index is 13.2. The number of anilines is 2. The van der Waals surface area contributed by atoms with Crippen molar-refractivity contribution in [2.75, 3.05) is 36.5 Å². The van der Waals surface area contributed by atoms with Crippen LogP contribution in [0.2, 0.25) is 0 Å². The van der Waals surface area contributed by atoms with Gasteiger partial charge < -0.3 is 15.0 Å². The van der Waals surface area contributed by atoms with Crippen LogP contribution in [0.15, 0.2) is 47.5 Å². The second-order valence-electron chi connectivity index (χ2n) is 8.86. The van der Waals surface area contributed by atoms with Gasteiger partial charge in [-0.05, 0) is 62.0 Å². The van der Waals surface area contributed by atoms with E-state index in [4.69, 9.17) is 4.74 Å². The monoisotopic (exact) mass is 571 g/mol. The zero-order chi connectivity index (χ0) is 29.0. The number of nitrogens with zero attached hydrogens (tertiary/aromatic N) is 3. The number of hydrogen-bond acceptors (Lipinski definition) is 8. The number of ether oxygens (including phenoxy) is 1. The predicted molar refractivity (Wildman–Crippen MR) is 135 cm³/mol. The minimum atomic E-state index is -5.58. The maximum Gasteiger partial charge on any atom is 0.501 e. The first-order chi connectivity index (χ1) is 18.2. The van der Waals surface area contributed by atoms with Crippen molar-refractivity contribution in [2.24, 2.45) is 0 Å². The largest absolute Gasteiger partial charge is 0.501 e. The summed E-state index contributed by atoms with van der Waals surface area (Å²) in [6, 6.07) is 5.51. The molecule has 1 aromatic heterocycles. The van der Waals surface area contributed by atoms with Crippen molar-refractivity contribution in [3.05, 3.63) is 48.2 Å². The molecule has 15 heteroatoms. The fraction of sp³-hybridized carbons (Fsp3) is 0.417. The Morgan fingerprint density at radius 2 is 1.79 bits per heavy atom. The van der Waals surface area contributed by atoms with Crippen LogP contribution in [0.25, 0.3) is 0 Å². The van der Waals surface area contributed by atoms with Gasteiger partial charge in [-0.3, -0.25) is 10.1 Å². The summed E-state index contributed by atoms with van der Waals surface area (Å²) in [6.45, 7) is 7.86. The molecular formula is C24H28F3N5O6S. The average molecular weight is 572 g/mol. The second kappa shape index (κ2) is 11.6. The number of carbonyl (C=O) groups excluding carboxylic acids is 3. The summed E-state index contributed by atoms with van der Waals surface area (Å²) in [4.78, 5) is 43.8. The van der Waals surface area contributed by atoms with E-state index in [0.29, 0.717) is 24.2 Å². The summed E-state index contributed by atoms with van der Waals surface area (Å²) in [5, 5.41) is 5.07. The number of aromatic nitrogens is 1. The molecule has 212 valence electrons. The molecular weight excluding hydrogens is 543 g/mol. The number of urea groups is 1. The Morgan fingerprint density at radius 3 is 2.38 bits per heavy atom. The number of likely N-dealkylation sites (N-methyl/N-ethyl adjacent to an activating group) is 1. The van der Waals surface area contributed by atoms with E-state index in [-0.39, 0.29) is 24.5 Å². The fourth-order valence-corrected chi connectivity index (χ4v) is 4.72. The number of sulfone groups is 1. The Morgan fingerprint density at radius 1 is 1.15 bits per heavy atom. The van der Waals surface area contributed by atoms with Gasteiger partial charge in [0.15, 0.2) is 0 Å². The number of hydrogen-bond donors (Lipinski definition) is 2. The van der Waals surface area contributed by atoms with E-state index < -0.39 is 43.8 Å². The van der Waals surface area contributed by atoms with Crippen LogP contribution in [-0.2, 0) is 25.8 Å². The molecule has 0 aliphatic carbocycles. The van der Waals surface area contributed by atoms with Gasteiger partial charge in [0.2, 0.25) is 0 Å². The SMILES string of the molecule is CCN(CC)CCOC(=O)Nc1cc(CC2(C)NC(=O)N(c3ccc(S(=O)(=O)C(F)(F)F)cc3)C2=O)ccn1. The number of halogens is 3. The van der Waals surface area contributed by atoms with Crippen LogP contribution in [0, 0.1) is 0 Å². The molecule has 1 saturated heterocycles. The number of nitrogens with one attached hydrogen (secondary N) is 2. The molecule has 2 aromatic rings. The maximum atomic E-state index is 13.2. The Labute approximate surface area is 223 Å². The van der Waals surface area contributed by atoms with Crippen LogP contribution in [0.5, 0.6) is 0 Å². The molecule has 4 amide bonds. The van der Waals surface area contributed by atoms with Crippen molar-refractivity contribution < 1.29 is 40.7 Å². The minimum Gasteiger partial charge on any atom is -0.448 e. The van der Waals surface area contributed by atoms with Crippen molar-refractivity contribution in [3.63, 3.8) is 0 Å². The average Bonchev–Trinajstić information content (AvgIpc) is 3.08. The molecule has 39 heavy (non-hydrogen) atoms.